The lowest BCUT2D eigenvalue weighted by molar-refractivity contribution is -0.105. The molecule has 0 bridgehead atoms. The van der Waals surface area contributed by atoms with Gasteiger partial charge < -0.3 is 9.47 Å². The van der Waals surface area contributed by atoms with Crippen molar-refractivity contribution in [3.8, 4) is 5.88 Å². The summed E-state index contributed by atoms with van der Waals surface area (Å²) in [6.07, 6.45) is 3.49. The second-order valence-corrected chi connectivity index (χ2v) is 8.40. The molecule has 3 heterocycles. The number of pyridine rings is 1. The van der Waals surface area contributed by atoms with Crippen LogP contribution in [0.2, 0.25) is 0 Å². The van der Waals surface area contributed by atoms with Crippen molar-refractivity contribution < 1.29 is 17.9 Å². The molecular formula is C15H23N3O4S. The Kier molecular flexibility index (Phi) is 4.59. The summed E-state index contributed by atoms with van der Waals surface area (Å²) >= 11 is 0. The van der Waals surface area contributed by atoms with Gasteiger partial charge in [-0.25, -0.2) is 4.98 Å². The summed E-state index contributed by atoms with van der Waals surface area (Å²) in [6, 6.07) is 5.56. The molecule has 1 aromatic heterocycles. The van der Waals surface area contributed by atoms with Gasteiger partial charge in [0.1, 0.15) is 0 Å². The van der Waals surface area contributed by atoms with Crippen molar-refractivity contribution >= 4 is 10.2 Å². The molecule has 0 saturated carbocycles. The predicted octanol–water partition coefficient (Wildman–Crippen LogP) is 0.748. The fraction of sp³-hybridized carbons (Fsp3) is 0.667. The topological polar surface area (TPSA) is 72.0 Å². The minimum atomic E-state index is -3.35. The quantitative estimate of drug-likeness (QED) is 0.763. The normalized spacial score (nSPS) is 24.0. The molecule has 2 aliphatic rings. The van der Waals surface area contributed by atoms with E-state index in [0.717, 1.165) is 12.8 Å². The van der Waals surface area contributed by atoms with Crippen molar-refractivity contribution in [2.45, 2.75) is 18.4 Å². The Morgan fingerprint density at radius 1 is 1.43 bits per heavy atom. The first kappa shape index (κ1) is 16.6. The summed E-state index contributed by atoms with van der Waals surface area (Å²) in [7, 11) is -0.246. The molecule has 0 aromatic carbocycles. The van der Waals surface area contributed by atoms with Crippen LogP contribution in [0.4, 0.5) is 0 Å². The Labute approximate surface area is 137 Å². The van der Waals surface area contributed by atoms with Gasteiger partial charge >= 0.3 is 0 Å². The van der Waals surface area contributed by atoms with Crippen LogP contribution in [0.15, 0.2) is 24.4 Å². The zero-order valence-corrected chi connectivity index (χ0v) is 14.3. The molecule has 128 valence electrons. The zero-order valence-electron chi connectivity index (χ0n) is 13.5. The molecule has 1 aromatic rings. The van der Waals surface area contributed by atoms with Crippen LogP contribution < -0.4 is 4.74 Å². The summed E-state index contributed by atoms with van der Waals surface area (Å²) in [5.41, 5.74) is -0.337. The van der Waals surface area contributed by atoms with Crippen molar-refractivity contribution in [2.24, 2.45) is 5.92 Å². The summed E-state index contributed by atoms with van der Waals surface area (Å²) in [5.74, 6) is 0.936. The molecule has 2 fully saturated rings. The monoisotopic (exact) mass is 341 g/mol. The highest BCUT2D eigenvalue weighted by Crippen LogP contribution is 2.42. The van der Waals surface area contributed by atoms with Gasteiger partial charge in [0, 0.05) is 46.1 Å². The molecule has 0 radical (unpaired) electrons. The molecule has 8 heteroatoms. The van der Waals surface area contributed by atoms with E-state index >= 15 is 0 Å². The van der Waals surface area contributed by atoms with E-state index in [2.05, 4.69) is 4.98 Å². The van der Waals surface area contributed by atoms with Crippen LogP contribution >= 0.6 is 0 Å². The predicted molar refractivity (Wildman–Crippen MR) is 85.3 cm³/mol. The van der Waals surface area contributed by atoms with Gasteiger partial charge in [-0.1, -0.05) is 6.07 Å². The first-order valence-corrected chi connectivity index (χ1v) is 9.19. The lowest BCUT2D eigenvalue weighted by atomic mass is 9.80. The molecule has 2 saturated heterocycles. The van der Waals surface area contributed by atoms with Crippen LogP contribution in [0.1, 0.15) is 12.8 Å². The molecule has 2 aliphatic heterocycles. The van der Waals surface area contributed by atoms with E-state index in [1.165, 1.54) is 8.61 Å². The van der Waals surface area contributed by atoms with Gasteiger partial charge in [-0.05, 0) is 24.8 Å². The van der Waals surface area contributed by atoms with E-state index in [4.69, 9.17) is 9.47 Å². The van der Waals surface area contributed by atoms with Crippen LogP contribution in [0.25, 0.3) is 0 Å². The van der Waals surface area contributed by atoms with Gasteiger partial charge in [0.25, 0.3) is 10.2 Å². The third-order valence-electron chi connectivity index (χ3n) is 4.63. The number of rotatable bonds is 6. The minimum absolute atomic E-state index is 0.319. The van der Waals surface area contributed by atoms with Crippen molar-refractivity contribution in [2.75, 3.05) is 40.4 Å². The number of ether oxygens (including phenoxy) is 2. The minimum Gasteiger partial charge on any atom is -0.478 e. The van der Waals surface area contributed by atoms with Crippen molar-refractivity contribution in [3.05, 3.63) is 24.4 Å². The van der Waals surface area contributed by atoms with Gasteiger partial charge in [0.2, 0.25) is 5.88 Å². The highest BCUT2D eigenvalue weighted by molar-refractivity contribution is 7.86. The van der Waals surface area contributed by atoms with Crippen molar-refractivity contribution in [3.63, 3.8) is 0 Å². The molecule has 23 heavy (non-hydrogen) atoms. The van der Waals surface area contributed by atoms with Gasteiger partial charge in [-0.15, -0.1) is 0 Å². The van der Waals surface area contributed by atoms with Gasteiger partial charge in [-0.2, -0.15) is 17.0 Å². The molecule has 0 N–H and O–H groups in total. The van der Waals surface area contributed by atoms with Crippen molar-refractivity contribution in [1.82, 2.24) is 13.6 Å². The smallest absolute Gasteiger partial charge is 0.281 e. The van der Waals surface area contributed by atoms with Crippen LogP contribution in [-0.2, 0) is 14.9 Å². The van der Waals surface area contributed by atoms with E-state index in [1.807, 2.05) is 18.2 Å². The third-order valence-corrected chi connectivity index (χ3v) is 6.46. The van der Waals surface area contributed by atoms with Crippen LogP contribution in [0.3, 0.4) is 0 Å². The van der Waals surface area contributed by atoms with Gasteiger partial charge in [-0.3, -0.25) is 0 Å². The highest BCUT2D eigenvalue weighted by Gasteiger charge is 2.56. The number of nitrogens with zero attached hydrogens (tertiary/aromatic N) is 3. The fourth-order valence-electron chi connectivity index (χ4n) is 3.23. The lowest BCUT2D eigenvalue weighted by Crippen LogP contribution is -2.67. The average molecular weight is 341 g/mol. The molecule has 7 nitrogen and oxygen atoms in total. The molecule has 1 atom stereocenters. The summed E-state index contributed by atoms with van der Waals surface area (Å²) in [6.45, 7) is 2.11. The average Bonchev–Trinajstić information content (AvgIpc) is 2.90. The van der Waals surface area contributed by atoms with E-state index in [0.29, 0.717) is 38.1 Å². The second-order valence-electron chi connectivity index (χ2n) is 6.26. The Balaban J connectivity index is 1.53. The number of hydrogen-bond acceptors (Lipinski definition) is 5. The van der Waals surface area contributed by atoms with E-state index in [9.17, 15) is 8.42 Å². The Bertz CT molecular complexity index is 629. The van der Waals surface area contributed by atoms with Gasteiger partial charge in [0.15, 0.2) is 0 Å². The maximum absolute atomic E-state index is 12.1. The molecule has 1 spiro atoms. The first-order chi connectivity index (χ1) is 10.9. The van der Waals surface area contributed by atoms with Crippen LogP contribution in [0.5, 0.6) is 5.88 Å². The molecule has 3 rings (SSSR count). The standard InChI is InChI=1S/C15H23N3O4S/c1-17(2)23(19,20)18-11-15(12-18)13(7-10-22-15)6-9-21-14-5-3-4-8-16-14/h3-5,8,13H,6-7,9-12H2,1-2H3/t13-/m0/s1. The largest absolute Gasteiger partial charge is 0.478 e. The van der Waals surface area contributed by atoms with Gasteiger partial charge in [0.05, 0.1) is 12.2 Å². The maximum Gasteiger partial charge on any atom is 0.281 e. The Morgan fingerprint density at radius 3 is 2.87 bits per heavy atom. The zero-order chi connectivity index (χ0) is 16.5. The fourth-order valence-corrected chi connectivity index (χ4v) is 4.45. The summed E-state index contributed by atoms with van der Waals surface area (Å²) < 4.78 is 38.5. The maximum atomic E-state index is 12.1. The number of hydrogen-bond donors (Lipinski definition) is 0. The first-order valence-electron chi connectivity index (χ1n) is 7.79. The molecular weight excluding hydrogens is 318 g/mol. The Morgan fingerprint density at radius 2 is 2.22 bits per heavy atom. The van der Waals surface area contributed by atoms with E-state index < -0.39 is 10.2 Å². The second kappa shape index (κ2) is 6.35. The summed E-state index contributed by atoms with van der Waals surface area (Å²) in [5, 5.41) is 0. The number of aromatic nitrogens is 1. The van der Waals surface area contributed by atoms with Crippen molar-refractivity contribution in [1.29, 1.82) is 0 Å². The molecule has 0 aliphatic carbocycles. The van der Waals surface area contributed by atoms with Crippen LogP contribution in [0, 0.1) is 5.92 Å². The summed E-state index contributed by atoms with van der Waals surface area (Å²) in [4.78, 5) is 4.13. The molecule has 0 amide bonds. The lowest BCUT2D eigenvalue weighted by Gasteiger charge is -2.49. The third kappa shape index (κ3) is 3.21. The molecule has 0 unspecified atom stereocenters. The van der Waals surface area contributed by atoms with E-state index in [1.54, 1.807) is 20.3 Å². The van der Waals surface area contributed by atoms with Crippen LogP contribution in [-0.4, -0.2) is 68.0 Å². The Hall–Kier alpha value is -1.22. The van der Waals surface area contributed by atoms with E-state index in [-0.39, 0.29) is 5.60 Å². The SMILES string of the molecule is CN(C)S(=O)(=O)N1CC2(C1)OCC[C@@H]2CCOc1ccccn1. The highest BCUT2D eigenvalue weighted by atomic mass is 32.2.